The number of amides is 1. The van der Waals surface area contributed by atoms with E-state index in [1.807, 2.05) is 12.1 Å². The molecular weight excluding hydrogens is 473 g/mol. The van der Waals surface area contributed by atoms with Crippen LogP contribution >= 0.6 is 22.6 Å². The summed E-state index contributed by atoms with van der Waals surface area (Å²) < 4.78 is 7.59. The number of hydrogen-bond donors (Lipinski definition) is 2. The van der Waals surface area contributed by atoms with Crippen LogP contribution in [0.2, 0.25) is 0 Å². The van der Waals surface area contributed by atoms with Gasteiger partial charge in [-0.05, 0) is 53.8 Å². The quantitative estimate of drug-likeness (QED) is 0.430. The van der Waals surface area contributed by atoms with E-state index in [1.165, 1.54) is 17.0 Å². The minimum absolute atomic E-state index is 0.195. The monoisotopic (exact) mass is 487 g/mol. The lowest BCUT2D eigenvalue weighted by molar-refractivity contribution is 0.102. The van der Waals surface area contributed by atoms with Crippen molar-refractivity contribution in [1.29, 1.82) is 0 Å². The molecule has 140 valence electrons. The molecule has 0 aliphatic heterocycles. The number of nitrogens with one attached hydrogen (secondary N) is 2. The molecule has 4 rings (SSSR count). The van der Waals surface area contributed by atoms with E-state index in [4.69, 9.17) is 4.42 Å². The predicted molar refractivity (Wildman–Crippen MR) is 112 cm³/mol. The molecule has 1 amide bonds. The minimum Gasteiger partial charge on any atom is -0.463 e. The van der Waals surface area contributed by atoms with Crippen molar-refractivity contribution >= 4 is 34.3 Å². The normalized spacial score (nSPS) is 10.8. The highest BCUT2D eigenvalue weighted by Crippen LogP contribution is 2.24. The summed E-state index contributed by atoms with van der Waals surface area (Å²) in [5, 5.41) is 7.29. The first-order valence-electron chi connectivity index (χ1n) is 8.29. The second-order valence-corrected chi connectivity index (χ2v) is 7.11. The first kappa shape index (κ1) is 18.2. The van der Waals surface area contributed by atoms with E-state index in [-0.39, 0.29) is 17.4 Å². The van der Waals surface area contributed by atoms with Gasteiger partial charge in [-0.1, -0.05) is 12.1 Å². The minimum atomic E-state index is -0.313. The van der Waals surface area contributed by atoms with Crippen molar-refractivity contribution in [3.63, 3.8) is 0 Å². The van der Waals surface area contributed by atoms with Gasteiger partial charge in [-0.2, -0.15) is 9.78 Å². The van der Waals surface area contributed by atoms with Crippen molar-refractivity contribution in [3.05, 3.63) is 80.0 Å². The molecule has 0 radical (unpaired) electrons. The van der Waals surface area contributed by atoms with E-state index in [1.54, 1.807) is 37.3 Å². The number of carbonyl (C=O) groups excluding carboxylic acids is 1. The van der Waals surface area contributed by atoms with Crippen LogP contribution in [0, 0.1) is 10.5 Å². The van der Waals surface area contributed by atoms with E-state index in [9.17, 15) is 9.59 Å². The Labute approximate surface area is 172 Å². The van der Waals surface area contributed by atoms with Crippen molar-refractivity contribution in [2.24, 2.45) is 0 Å². The molecule has 0 fully saturated rings. The summed E-state index contributed by atoms with van der Waals surface area (Å²) in [6.45, 7) is 1.71. The van der Waals surface area contributed by atoms with Crippen molar-refractivity contribution in [3.8, 4) is 17.4 Å². The number of hydrogen-bond acceptors (Lipinski definition) is 5. The number of rotatable bonds is 4. The van der Waals surface area contributed by atoms with Gasteiger partial charge in [-0.15, -0.1) is 0 Å². The van der Waals surface area contributed by atoms with Crippen LogP contribution in [0.15, 0.2) is 64.0 Å². The van der Waals surface area contributed by atoms with Crippen LogP contribution < -0.4 is 10.9 Å². The second kappa shape index (κ2) is 7.43. The summed E-state index contributed by atoms with van der Waals surface area (Å²) in [7, 11) is 0. The molecule has 9 heteroatoms. The summed E-state index contributed by atoms with van der Waals surface area (Å²) in [4.78, 5) is 31.6. The van der Waals surface area contributed by atoms with Crippen LogP contribution in [0.3, 0.4) is 0 Å². The third-order valence-corrected chi connectivity index (χ3v) is 4.84. The van der Waals surface area contributed by atoms with Gasteiger partial charge in [-0.25, -0.2) is 4.98 Å². The standard InChI is InChI=1S/C19H14IN5O3/c1-11-9-17(26)23-19(21-11)25-16(10-14(24-25)15-7-4-8-28-15)22-18(27)12-5-2-3-6-13(12)20/h2-10H,1H3,(H,22,27)(H,21,23,26). The van der Waals surface area contributed by atoms with E-state index >= 15 is 0 Å². The number of anilines is 1. The van der Waals surface area contributed by atoms with Crippen LogP contribution in [0.4, 0.5) is 5.82 Å². The smallest absolute Gasteiger partial charge is 0.257 e. The molecule has 0 saturated heterocycles. The fraction of sp³-hybridized carbons (Fsp3) is 0.0526. The van der Waals surface area contributed by atoms with Gasteiger partial charge >= 0.3 is 0 Å². The molecule has 0 aliphatic rings. The van der Waals surface area contributed by atoms with Crippen molar-refractivity contribution in [1.82, 2.24) is 19.7 Å². The Morgan fingerprint density at radius 2 is 2.04 bits per heavy atom. The number of aromatic nitrogens is 4. The number of carbonyl (C=O) groups is 1. The molecule has 1 aromatic carbocycles. The third-order valence-electron chi connectivity index (χ3n) is 3.90. The van der Waals surface area contributed by atoms with E-state index in [2.05, 4.69) is 43.0 Å². The summed E-state index contributed by atoms with van der Waals surface area (Å²) in [5.74, 6) is 0.774. The Morgan fingerprint density at radius 1 is 1.21 bits per heavy atom. The van der Waals surface area contributed by atoms with Gasteiger partial charge in [0.15, 0.2) is 5.76 Å². The zero-order valence-corrected chi connectivity index (χ0v) is 16.8. The maximum Gasteiger partial charge on any atom is 0.257 e. The number of aryl methyl sites for hydroxylation is 1. The highest BCUT2D eigenvalue weighted by molar-refractivity contribution is 14.1. The Kier molecular flexibility index (Phi) is 4.82. The SMILES string of the molecule is Cc1cc(=O)[nH]c(-n2nc(-c3ccco3)cc2NC(=O)c2ccccc2I)n1. The van der Waals surface area contributed by atoms with Gasteiger partial charge in [0.2, 0.25) is 5.95 Å². The average molecular weight is 487 g/mol. The molecule has 8 nitrogen and oxygen atoms in total. The Balaban J connectivity index is 1.80. The van der Waals surface area contributed by atoms with Gasteiger partial charge in [-0.3, -0.25) is 14.6 Å². The van der Waals surface area contributed by atoms with Gasteiger partial charge in [0.1, 0.15) is 11.5 Å². The fourth-order valence-electron chi connectivity index (χ4n) is 2.67. The second-order valence-electron chi connectivity index (χ2n) is 5.95. The molecule has 0 atom stereocenters. The van der Waals surface area contributed by atoms with E-state index < -0.39 is 0 Å². The molecule has 0 unspecified atom stereocenters. The van der Waals surface area contributed by atoms with Crippen LogP contribution in [0.1, 0.15) is 16.1 Å². The number of halogens is 1. The van der Waals surface area contributed by atoms with Gasteiger partial charge in [0.25, 0.3) is 11.5 Å². The zero-order chi connectivity index (χ0) is 19.7. The summed E-state index contributed by atoms with van der Waals surface area (Å²) in [6.07, 6.45) is 1.53. The first-order chi connectivity index (χ1) is 13.5. The lowest BCUT2D eigenvalue weighted by atomic mass is 10.2. The summed E-state index contributed by atoms with van der Waals surface area (Å²) >= 11 is 2.10. The zero-order valence-electron chi connectivity index (χ0n) is 14.6. The Morgan fingerprint density at radius 3 is 2.75 bits per heavy atom. The summed E-state index contributed by atoms with van der Waals surface area (Å²) in [6, 6.07) is 13.8. The fourth-order valence-corrected chi connectivity index (χ4v) is 3.30. The lowest BCUT2D eigenvalue weighted by Crippen LogP contribution is -2.19. The van der Waals surface area contributed by atoms with Crippen molar-refractivity contribution < 1.29 is 9.21 Å². The molecule has 2 N–H and O–H groups in total. The number of aromatic amines is 1. The maximum atomic E-state index is 12.8. The molecular formula is C19H14IN5O3. The Hall–Kier alpha value is -3.21. The topological polar surface area (TPSA) is 106 Å². The number of nitrogens with zero attached hydrogens (tertiary/aromatic N) is 3. The van der Waals surface area contributed by atoms with E-state index in [0.29, 0.717) is 28.5 Å². The van der Waals surface area contributed by atoms with Crippen LogP contribution in [0.25, 0.3) is 17.4 Å². The van der Waals surface area contributed by atoms with Gasteiger partial charge in [0.05, 0.1) is 11.8 Å². The molecule has 0 bridgehead atoms. The van der Waals surface area contributed by atoms with Crippen molar-refractivity contribution in [2.75, 3.05) is 5.32 Å². The maximum absolute atomic E-state index is 12.8. The lowest BCUT2D eigenvalue weighted by Gasteiger charge is -2.09. The van der Waals surface area contributed by atoms with Gasteiger partial charge < -0.3 is 9.73 Å². The summed E-state index contributed by atoms with van der Waals surface area (Å²) in [5.41, 5.74) is 1.24. The number of furan rings is 1. The molecule has 4 aromatic rings. The average Bonchev–Trinajstić information content (AvgIpc) is 3.30. The predicted octanol–water partition coefficient (Wildman–Crippen LogP) is 3.38. The van der Waals surface area contributed by atoms with Crippen molar-refractivity contribution in [2.45, 2.75) is 6.92 Å². The third kappa shape index (κ3) is 3.60. The number of H-pyrrole nitrogens is 1. The molecule has 0 saturated carbocycles. The molecule has 3 aromatic heterocycles. The molecule has 0 spiro atoms. The number of benzene rings is 1. The first-order valence-corrected chi connectivity index (χ1v) is 9.37. The highest BCUT2D eigenvalue weighted by Gasteiger charge is 2.18. The van der Waals surface area contributed by atoms with Crippen LogP contribution in [-0.2, 0) is 0 Å². The Bertz CT molecular complexity index is 1210. The molecule has 0 aliphatic carbocycles. The molecule has 3 heterocycles. The van der Waals surface area contributed by atoms with Crippen LogP contribution in [-0.4, -0.2) is 25.7 Å². The van der Waals surface area contributed by atoms with Crippen LogP contribution in [0.5, 0.6) is 0 Å². The molecule has 28 heavy (non-hydrogen) atoms. The van der Waals surface area contributed by atoms with E-state index in [0.717, 1.165) is 3.57 Å². The largest absolute Gasteiger partial charge is 0.463 e. The van der Waals surface area contributed by atoms with Gasteiger partial charge in [0, 0.05) is 21.4 Å². The highest BCUT2D eigenvalue weighted by atomic mass is 127.